The van der Waals surface area contributed by atoms with Gasteiger partial charge in [0.25, 0.3) is 5.91 Å². The molecule has 1 aromatic carbocycles. The summed E-state index contributed by atoms with van der Waals surface area (Å²) in [5.74, 6) is 0.788. The fourth-order valence-corrected chi connectivity index (χ4v) is 1.17. The summed E-state index contributed by atoms with van der Waals surface area (Å²) >= 11 is 0. The second-order valence-electron chi connectivity index (χ2n) is 3.61. The monoisotopic (exact) mass is 236 g/mol. The molecule has 5 heteroatoms. The lowest BCUT2D eigenvalue weighted by molar-refractivity contribution is 0.100. The molecule has 5 nitrogen and oxygen atoms in total. The lowest BCUT2D eigenvalue weighted by Gasteiger charge is -2.06. The Morgan fingerprint density at radius 2 is 1.71 bits per heavy atom. The van der Waals surface area contributed by atoms with Crippen LogP contribution >= 0.6 is 0 Å². The van der Waals surface area contributed by atoms with E-state index in [1.807, 2.05) is 0 Å². The average Bonchev–Trinajstić information content (AvgIpc) is 2.34. The molecule has 1 amide bonds. The molecule has 0 heterocycles. The zero-order valence-corrected chi connectivity index (χ0v) is 10.4. The van der Waals surface area contributed by atoms with E-state index in [0.29, 0.717) is 17.1 Å². The average molecular weight is 236 g/mol. The van der Waals surface area contributed by atoms with Crippen molar-refractivity contribution in [2.75, 3.05) is 28.3 Å². The molecule has 0 spiro atoms. The molecular weight excluding hydrogens is 220 g/mol. The van der Waals surface area contributed by atoms with Gasteiger partial charge in [-0.05, 0) is 12.1 Å². The number of hydrogen-bond donors (Lipinski definition) is 0. The minimum Gasteiger partial charge on any atom is -0.497 e. The molecule has 0 saturated heterocycles. The first-order chi connectivity index (χ1) is 8.06. The van der Waals surface area contributed by atoms with Gasteiger partial charge in [-0.2, -0.15) is 4.99 Å². The summed E-state index contributed by atoms with van der Waals surface area (Å²) < 4.78 is 10.2. The van der Waals surface area contributed by atoms with Gasteiger partial charge in [0.05, 0.1) is 20.6 Å². The van der Waals surface area contributed by atoms with Gasteiger partial charge in [0.1, 0.15) is 11.5 Å². The highest BCUT2D eigenvalue weighted by molar-refractivity contribution is 5.99. The normalized spacial score (nSPS) is 10.4. The summed E-state index contributed by atoms with van der Waals surface area (Å²) in [6, 6.07) is 4.95. The van der Waals surface area contributed by atoms with E-state index in [-0.39, 0.29) is 5.91 Å². The second-order valence-corrected chi connectivity index (χ2v) is 3.61. The number of aliphatic imine (C=N–C) groups is 1. The Morgan fingerprint density at radius 3 is 2.12 bits per heavy atom. The molecule has 92 valence electrons. The summed E-state index contributed by atoms with van der Waals surface area (Å²) in [7, 11) is 6.66. The van der Waals surface area contributed by atoms with Crippen molar-refractivity contribution < 1.29 is 14.3 Å². The maximum Gasteiger partial charge on any atom is 0.278 e. The first kappa shape index (κ1) is 13.0. The highest BCUT2D eigenvalue weighted by Crippen LogP contribution is 2.22. The first-order valence-corrected chi connectivity index (χ1v) is 5.05. The van der Waals surface area contributed by atoms with E-state index in [0.717, 1.165) is 0 Å². The smallest absolute Gasteiger partial charge is 0.278 e. The number of ether oxygens (including phenoxy) is 2. The molecule has 0 radical (unpaired) electrons. The number of benzene rings is 1. The van der Waals surface area contributed by atoms with Crippen molar-refractivity contribution >= 4 is 12.2 Å². The van der Waals surface area contributed by atoms with Crippen LogP contribution in [-0.2, 0) is 0 Å². The summed E-state index contributed by atoms with van der Waals surface area (Å²) in [6.07, 6.45) is 1.45. The molecule has 0 saturated carbocycles. The van der Waals surface area contributed by atoms with E-state index in [2.05, 4.69) is 4.99 Å². The van der Waals surface area contributed by atoms with E-state index in [9.17, 15) is 4.79 Å². The fourth-order valence-electron chi connectivity index (χ4n) is 1.17. The maximum absolute atomic E-state index is 11.7. The molecule has 0 aliphatic heterocycles. The van der Waals surface area contributed by atoms with Crippen LogP contribution in [0.2, 0.25) is 0 Å². The lowest BCUT2D eigenvalue weighted by atomic mass is 10.2. The highest BCUT2D eigenvalue weighted by atomic mass is 16.5. The van der Waals surface area contributed by atoms with E-state index < -0.39 is 0 Å². The van der Waals surface area contributed by atoms with Crippen LogP contribution in [0.4, 0.5) is 0 Å². The van der Waals surface area contributed by atoms with Crippen molar-refractivity contribution in [1.82, 2.24) is 4.90 Å². The number of methoxy groups -OCH3 is 2. The largest absolute Gasteiger partial charge is 0.497 e. The third kappa shape index (κ3) is 3.79. The minimum absolute atomic E-state index is 0.337. The predicted octanol–water partition coefficient (Wildman–Crippen LogP) is 1.43. The summed E-state index contributed by atoms with van der Waals surface area (Å²) in [4.78, 5) is 17.2. The Morgan fingerprint density at radius 1 is 1.18 bits per heavy atom. The van der Waals surface area contributed by atoms with Crippen molar-refractivity contribution in [2.24, 2.45) is 4.99 Å². The van der Waals surface area contributed by atoms with Crippen molar-refractivity contribution in [3.63, 3.8) is 0 Å². The Labute approximate surface area is 101 Å². The van der Waals surface area contributed by atoms with Crippen molar-refractivity contribution in [2.45, 2.75) is 0 Å². The SMILES string of the molecule is COc1cc(OC)cc(C(=O)N=CN(C)C)c1. The van der Waals surface area contributed by atoms with Gasteiger partial charge in [-0.3, -0.25) is 4.79 Å². The van der Waals surface area contributed by atoms with E-state index >= 15 is 0 Å². The van der Waals surface area contributed by atoms with Crippen LogP contribution in [0.1, 0.15) is 10.4 Å². The molecule has 0 aliphatic carbocycles. The molecule has 0 N–H and O–H groups in total. The Hall–Kier alpha value is -2.04. The van der Waals surface area contributed by atoms with Crippen LogP contribution in [-0.4, -0.2) is 45.5 Å². The van der Waals surface area contributed by atoms with Crippen LogP contribution in [0.3, 0.4) is 0 Å². The van der Waals surface area contributed by atoms with Gasteiger partial charge in [0.2, 0.25) is 0 Å². The maximum atomic E-state index is 11.7. The zero-order valence-electron chi connectivity index (χ0n) is 10.4. The van der Waals surface area contributed by atoms with Crippen LogP contribution < -0.4 is 9.47 Å². The molecule has 0 bridgehead atoms. The summed E-state index contributed by atoms with van der Waals surface area (Å²) in [5.41, 5.74) is 0.430. The third-order valence-electron chi connectivity index (χ3n) is 2.00. The van der Waals surface area contributed by atoms with Crippen molar-refractivity contribution in [3.8, 4) is 11.5 Å². The third-order valence-corrected chi connectivity index (χ3v) is 2.00. The van der Waals surface area contributed by atoms with E-state index in [1.54, 1.807) is 37.2 Å². The number of rotatable bonds is 4. The Balaban J connectivity index is 3.00. The molecule has 17 heavy (non-hydrogen) atoms. The number of carbonyl (C=O) groups excluding carboxylic acids is 1. The Bertz CT molecular complexity index is 406. The molecule has 1 rings (SSSR count). The number of nitrogens with zero attached hydrogens (tertiary/aromatic N) is 2. The number of carbonyl (C=O) groups is 1. The van der Waals surface area contributed by atoms with Crippen molar-refractivity contribution in [1.29, 1.82) is 0 Å². The molecule has 0 aromatic heterocycles. The molecule has 1 aromatic rings. The standard InChI is InChI=1S/C12H16N2O3/c1-14(2)8-13-12(15)9-5-10(16-3)7-11(6-9)17-4/h5-8H,1-4H3. The Kier molecular flexibility index (Phi) is 4.51. The first-order valence-electron chi connectivity index (χ1n) is 5.05. The molecular formula is C12H16N2O3. The second kappa shape index (κ2) is 5.89. The van der Waals surface area contributed by atoms with Gasteiger partial charge in [-0.15, -0.1) is 0 Å². The summed E-state index contributed by atoms with van der Waals surface area (Å²) in [6.45, 7) is 0. The van der Waals surface area contributed by atoms with Crippen LogP contribution in [0.15, 0.2) is 23.2 Å². The van der Waals surface area contributed by atoms with Gasteiger partial charge >= 0.3 is 0 Å². The van der Waals surface area contributed by atoms with Gasteiger partial charge in [-0.25, -0.2) is 0 Å². The quantitative estimate of drug-likeness (QED) is 0.586. The number of amides is 1. The van der Waals surface area contributed by atoms with Crippen LogP contribution in [0, 0.1) is 0 Å². The van der Waals surface area contributed by atoms with Crippen molar-refractivity contribution in [3.05, 3.63) is 23.8 Å². The van der Waals surface area contributed by atoms with Gasteiger partial charge < -0.3 is 14.4 Å². The highest BCUT2D eigenvalue weighted by Gasteiger charge is 2.08. The predicted molar refractivity (Wildman–Crippen MR) is 66.1 cm³/mol. The van der Waals surface area contributed by atoms with Crippen LogP contribution in [0.5, 0.6) is 11.5 Å². The van der Waals surface area contributed by atoms with Gasteiger partial charge in [0, 0.05) is 25.7 Å². The summed E-state index contributed by atoms with van der Waals surface area (Å²) in [5, 5.41) is 0. The van der Waals surface area contributed by atoms with Gasteiger partial charge in [0.15, 0.2) is 0 Å². The topological polar surface area (TPSA) is 51.1 Å². The molecule has 0 unspecified atom stereocenters. The molecule has 0 aliphatic rings. The number of hydrogen-bond acceptors (Lipinski definition) is 3. The lowest BCUT2D eigenvalue weighted by Crippen LogP contribution is -2.09. The van der Waals surface area contributed by atoms with E-state index in [1.165, 1.54) is 20.6 Å². The fraction of sp³-hybridized carbons (Fsp3) is 0.333. The van der Waals surface area contributed by atoms with E-state index in [4.69, 9.17) is 9.47 Å². The van der Waals surface area contributed by atoms with Gasteiger partial charge in [-0.1, -0.05) is 0 Å². The zero-order chi connectivity index (χ0) is 12.8. The molecule has 0 fully saturated rings. The minimum atomic E-state index is -0.337. The molecule has 0 atom stereocenters. The van der Waals surface area contributed by atoms with Crippen LogP contribution in [0.25, 0.3) is 0 Å².